The van der Waals surface area contributed by atoms with E-state index >= 15 is 0 Å². The molecule has 3 aromatic rings. The van der Waals surface area contributed by atoms with Gasteiger partial charge in [0.1, 0.15) is 5.82 Å². The van der Waals surface area contributed by atoms with E-state index in [1.54, 1.807) is 0 Å². The van der Waals surface area contributed by atoms with E-state index in [9.17, 15) is 35.6 Å². The van der Waals surface area contributed by atoms with Crippen LogP contribution in [0.2, 0.25) is 0 Å². The highest BCUT2D eigenvalue weighted by Crippen LogP contribution is 2.40. The molecule has 1 aliphatic heterocycles. The Hall–Kier alpha value is -3.94. The number of carbonyl (C=O) groups excluding carboxylic acids is 2. The molecule has 196 valence electrons. The van der Waals surface area contributed by atoms with Gasteiger partial charge in [-0.3, -0.25) is 19.4 Å². The SMILES string of the molecule is CCS(=O)(=O)Nc1cc(C2CC(=O)NC(C)=C2C(=O)Nc2cc3cn[nH]c3cc2F)ccc1C(F)(F)F. The lowest BCUT2D eigenvalue weighted by Crippen LogP contribution is -2.35. The summed E-state index contributed by atoms with van der Waals surface area (Å²) in [6.45, 7) is 2.69. The molecule has 1 unspecified atom stereocenters. The summed E-state index contributed by atoms with van der Waals surface area (Å²) in [7, 11) is -4.08. The van der Waals surface area contributed by atoms with E-state index in [4.69, 9.17) is 0 Å². The normalized spacial score (nSPS) is 16.6. The average molecular weight is 540 g/mol. The monoisotopic (exact) mass is 539 g/mol. The summed E-state index contributed by atoms with van der Waals surface area (Å²) >= 11 is 0. The average Bonchev–Trinajstić information content (AvgIpc) is 3.24. The van der Waals surface area contributed by atoms with Crippen molar-refractivity contribution < 1.29 is 35.6 Å². The van der Waals surface area contributed by atoms with E-state index in [1.807, 2.05) is 4.72 Å². The quantitative estimate of drug-likeness (QED) is 0.352. The summed E-state index contributed by atoms with van der Waals surface area (Å²) < 4.78 is 81.4. The molecule has 0 spiro atoms. The zero-order chi connectivity index (χ0) is 27.1. The number of rotatable bonds is 6. The second kappa shape index (κ2) is 9.50. The molecule has 2 aromatic carbocycles. The van der Waals surface area contributed by atoms with Gasteiger partial charge in [-0.05, 0) is 37.6 Å². The summed E-state index contributed by atoms with van der Waals surface area (Å²) in [5.74, 6) is -3.56. The predicted octanol–water partition coefficient (Wildman–Crippen LogP) is 4.00. The van der Waals surface area contributed by atoms with E-state index in [2.05, 4.69) is 20.8 Å². The molecule has 14 heteroatoms. The van der Waals surface area contributed by atoms with Crippen LogP contribution in [0.4, 0.5) is 28.9 Å². The third kappa shape index (κ3) is 5.43. The number of fused-ring (bicyclic) bond motifs is 1. The molecule has 37 heavy (non-hydrogen) atoms. The zero-order valence-corrected chi connectivity index (χ0v) is 20.3. The van der Waals surface area contributed by atoms with Crippen LogP contribution >= 0.6 is 0 Å². The van der Waals surface area contributed by atoms with Crippen molar-refractivity contribution in [3.63, 3.8) is 0 Å². The fraction of sp³-hybridized carbons (Fsp3) is 0.261. The van der Waals surface area contributed by atoms with E-state index in [0.717, 1.165) is 18.2 Å². The number of halogens is 4. The van der Waals surface area contributed by atoms with Crippen LogP contribution in [0.15, 0.2) is 47.8 Å². The number of allylic oxidation sites excluding steroid dienone is 1. The molecule has 0 aliphatic carbocycles. The molecule has 2 heterocycles. The van der Waals surface area contributed by atoms with Crippen molar-refractivity contribution in [2.75, 3.05) is 15.8 Å². The first-order valence-corrected chi connectivity index (χ1v) is 12.6. The molecule has 1 aliphatic rings. The number of hydrogen-bond acceptors (Lipinski definition) is 5. The van der Waals surface area contributed by atoms with Crippen LogP contribution in [0, 0.1) is 5.82 Å². The number of nitrogens with zero attached hydrogens (tertiary/aromatic N) is 1. The maximum Gasteiger partial charge on any atom is 0.418 e. The lowest BCUT2D eigenvalue weighted by Gasteiger charge is -2.28. The van der Waals surface area contributed by atoms with Gasteiger partial charge in [-0.1, -0.05) is 6.07 Å². The summed E-state index contributed by atoms with van der Waals surface area (Å²) in [6.07, 6.45) is -3.75. The number of hydrogen-bond donors (Lipinski definition) is 4. The Kier molecular flexibility index (Phi) is 6.71. The maximum absolute atomic E-state index is 14.6. The number of aromatic amines is 1. The van der Waals surface area contributed by atoms with Gasteiger partial charge in [-0.25, -0.2) is 12.8 Å². The van der Waals surface area contributed by atoms with Crippen molar-refractivity contribution in [1.82, 2.24) is 15.5 Å². The molecule has 2 amide bonds. The molecule has 0 bridgehead atoms. The van der Waals surface area contributed by atoms with Crippen LogP contribution in [0.1, 0.15) is 37.3 Å². The number of aromatic nitrogens is 2. The van der Waals surface area contributed by atoms with Gasteiger partial charge in [-0.15, -0.1) is 0 Å². The first kappa shape index (κ1) is 26.1. The van der Waals surface area contributed by atoms with Crippen molar-refractivity contribution in [3.05, 3.63) is 64.7 Å². The molecular weight excluding hydrogens is 518 g/mol. The molecule has 0 saturated heterocycles. The van der Waals surface area contributed by atoms with Gasteiger partial charge < -0.3 is 10.6 Å². The third-order valence-corrected chi connectivity index (χ3v) is 7.18. The molecule has 1 atom stereocenters. The minimum absolute atomic E-state index is 0.0182. The van der Waals surface area contributed by atoms with Crippen LogP contribution in [0.3, 0.4) is 0 Å². The van der Waals surface area contributed by atoms with E-state index in [0.29, 0.717) is 17.0 Å². The van der Waals surface area contributed by atoms with Gasteiger partial charge in [0.2, 0.25) is 15.9 Å². The van der Waals surface area contributed by atoms with Crippen molar-refractivity contribution in [2.24, 2.45) is 0 Å². The van der Waals surface area contributed by atoms with Crippen molar-refractivity contribution >= 4 is 44.1 Å². The van der Waals surface area contributed by atoms with Crippen LogP contribution in [-0.4, -0.2) is 36.2 Å². The van der Waals surface area contributed by atoms with Crippen LogP contribution in [0.5, 0.6) is 0 Å². The second-order valence-electron chi connectivity index (χ2n) is 8.40. The van der Waals surface area contributed by atoms with E-state index < -0.39 is 56.8 Å². The minimum atomic E-state index is -4.87. The van der Waals surface area contributed by atoms with Crippen LogP contribution < -0.4 is 15.4 Å². The first-order valence-electron chi connectivity index (χ1n) is 10.9. The standard InChI is InChI=1S/C23H21F4N5O4S/c1-3-37(35,36)32-18-6-12(4-5-15(18)23(25,26)27)14-8-20(33)29-11(2)21(14)22(34)30-19-7-13-10-28-31-17(13)9-16(19)24/h4-7,9-10,14,32H,3,8H2,1-2H3,(H,28,31)(H,29,33)(H,30,34). The van der Waals surface area contributed by atoms with Gasteiger partial charge in [0.15, 0.2) is 0 Å². The van der Waals surface area contributed by atoms with Gasteiger partial charge >= 0.3 is 6.18 Å². The highest BCUT2D eigenvalue weighted by Gasteiger charge is 2.37. The van der Waals surface area contributed by atoms with Gasteiger partial charge in [0.25, 0.3) is 5.91 Å². The fourth-order valence-corrected chi connectivity index (χ4v) is 4.74. The predicted molar refractivity (Wildman–Crippen MR) is 127 cm³/mol. The Balaban J connectivity index is 1.76. The third-order valence-electron chi connectivity index (χ3n) is 5.89. The number of amides is 2. The van der Waals surface area contributed by atoms with E-state index in [1.165, 1.54) is 26.1 Å². The molecule has 4 N–H and O–H groups in total. The minimum Gasteiger partial charge on any atom is -0.330 e. The smallest absolute Gasteiger partial charge is 0.330 e. The van der Waals surface area contributed by atoms with Crippen molar-refractivity contribution in [3.8, 4) is 0 Å². The fourth-order valence-electron chi connectivity index (χ4n) is 4.09. The number of alkyl halides is 3. The molecule has 1 aromatic heterocycles. The lowest BCUT2D eigenvalue weighted by molar-refractivity contribution is -0.137. The Morgan fingerprint density at radius 2 is 1.92 bits per heavy atom. The lowest BCUT2D eigenvalue weighted by atomic mass is 9.83. The number of benzene rings is 2. The highest BCUT2D eigenvalue weighted by atomic mass is 32.2. The number of sulfonamides is 1. The Morgan fingerprint density at radius 3 is 2.59 bits per heavy atom. The molecule has 0 saturated carbocycles. The summed E-state index contributed by atoms with van der Waals surface area (Å²) in [6, 6.07) is 5.22. The summed E-state index contributed by atoms with van der Waals surface area (Å²) in [5.41, 5.74) is -1.53. The Bertz CT molecular complexity index is 1550. The zero-order valence-electron chi connectivity index (χ0n) is 19.5. The summed E-state index contributed by atoms with van der Waals surface area (Å²) in [5, 5.41) is 11.9. The number of anilines is 2. The van der Waals surface area contributed by atoms with Gasteiger partial charge in [-0.2, -0.15) is 18.3 Å². The maximum atomic E-state index is 14.6. The molecular formula is C23H21F4N5O4S. The molecule has 0 fully saturated rings. The number of H-pyrrole nitrogens is 1. The summed E-state index contributed by atoms with van der Waals surface area (Å²) in [4.78, 5) is 25.6. The Morgan fingerprint density at radius 1 is 1.19 bits per heavy atom. The van der Waals surface area contributed by atoms with Crippen molar-refractivity contribution in [1.29, 1.82) is 0 Å². The second-order valence-corrected chi connectivity index (χ2v) is 10.4. The molecule has 9 nitrogen and oxygen atoms in total. The first-order chi connectivity index (χ1) is 17.3. The Labute approximate surface area is 208 Å². The van der Waals surface area contributed by atoms with Crippen LogP contribution in [0.25, 0.3) is 10.9 Å². The van der Waals surface area contributed by atoms with Gasteiger partial charge in [0, 0.05) is 35.1 Å². The highest BCUT2D eigenvalue weighted by molar-refractivity contribution is 7.92. The largest absolute Gasteiger partial charge is 0.418 e. The number of nitrogens with one attached hydrogen (secondary N) is 4. The molecule has 4 rings (SSSR count). The molecule has 0 radical (unpaired) electrons. The number of carbonyl (C=O) groups is 2. The van der Waals surface area contributed by atoms with Gasteiger partial charge in [0.05, 0.1) is 34.4 Å². The van der Waals surface area contributed by atoms with E-state index in [-0.39, 0.29) is 28.9 Å². The topological polar surface area (TPSA) is 133 Å². The van der Waals surface area contributed by atoms with Crippen LogP contribution in [-0.2, 0) is 25.8 Å². The van der Waals surface area contributed by atoms with Crippen molar-refractivity contribution in [2.45, 2.75) is 32.4 Å².